The number of aliphatic carboxylic acids is 1. The topological polar surface area (TPSA) is 60.9 Å². The Labute approximate surface area is 129 Å². The minimum Gasteiger partial charge on any atom is -0.481 e. The summed E-state index contributed by atoms with van der Waals surface area (Å²) in [7, 11) is 0. The number of carbonyl (C=O) groups is 2. The summed E-state index contributed by atoms with van der Waals surface area (Å²) < 4.78 is 0. The minimum absolute atomic E-state index is 0.0173. The molecule has 2 rings (SSSR count). The SMILES string of the molecule is CCN(C(=O)N(Cc1ccsc1)C1CC1)C(C)CC(=O)O. The first-order chi connectivity index (χ1) is 10.0. The maximum atomic E-state index is 12.8. The van der Waals surface area contributed by atoms with E-state index in [2.05, 4.69) is 5.38 Å². The summed E-state index contributed by atoms with van der Waals surface area (Å²) in [6.07, 6.45) is 2.07. The predicted molar refractivity (Wildman–Crippen MR) is 82.4 cm³/mol. The van der Waals surface area contributed by atoms with E-state index in [1.165, 1.54) is 0 Å². The number of carboxylic acid groups (broad SMARTS) is 1. The van der Waals surface area contributed by atoms with E-state index in [0.29, 0.717) is 19.1 Å². The molecule has 6 heteroatoms. The monoisotopic (exact) mass is 310 g/mol. The van der Waals surface area contributed by atoms with Gasteiger partial charge in [-0.1, -0.05) is 0 Å². The molecule has 1 aromatic heterocycles. The molecule has 1 aliphatic rings. The van der Waals surface area contributed by atoms with Gasteiger partial charge in [0.1, 0.15) is 0 Å². The molecule has 1 aliphatic carbocycles. The second kappa shape index (κ2) is 6.93. The molecular weight excluding hydrogens is 288 g/mol. The minimum atomic E-state index is -0.871. The molecule has 2 amide bonds. The smallest absolute Gasteiger partial charge is 0.320 e. The highest BCUT2D eigenvalue weighted by atomic mass is 32.1. The molecule has 1 fully saturated rings. The molecule has 1 atom stereocenters. The van der Waals surface area contributed by atoms with Gasteiger partial charge in [-0.25, -0.2) is 4.79 Å². The fraction of sp³-hybridized carbons (Fsp3) is 0.600. The van der Waals surface area contributed by atoms with Crippen LogP contribution in [0.5, 0.6) is 0 Å². The van der Waals surface area contributed by atoms with Crippen molar-refractivity contribution in [3.63, 3.8) is 0 Å². The number of rotatable bonds is 7. The summed E-state index contributed by atoms with van der Waals surface area (Å²) in [6.45, 7) is 4.83. The van der Waals surface area contributed by atoms with Gasteiger partial charge in [-0.3, -0.25) is 4.79 Å². The third kappa shape index (κ3) is 4.20. The predicted octanol–water partition coefficient (Wildman–Crippen LogP) is 3.02. The fourth-order valence-corrected chi connectivity index (χ4v) is 3.14. The number of amides is 2. The zero-order chi connectivity index (χ0) is 15.4. The molecule has 0 bridgehead atoms. The third-order valence-electron chi connectivity index (χ3n) is 3.75. The van der Waals surface area contributed by atoms with E-state index in [-0.39, 0.29) is 18.5 Å². The van der Waals surface area contributed by atoms with Crippen LogP contribution >= 0.6 is 11.3 Å². The van der Waals surface area contributed by atoms with Gasteiger partial charge in [0.25, 0.3) is 0 Å². The Bertz CT molecular complexity index is 485. The van der Waals surface area contributed by atoms with Crippen molar-refractivity contribution in [1.82, 2.24) is 9.80 Å². The average molecular weight is 310 g/mol. The Morgan fingerprint density at radius 3 is 2.67 bits per heavy atom. The lowest BCUT2D eigenvalue weighted by atomic mass is 10.2. The van der Waals surface area contributed by atoms with E-state index in [0.717, 1.165) is 18.4 Å². The van der Waals surface area contributed by atoms with Crippen molar-refractivity contribution >= 4 is 23.3 Å². The average Bonchev–Trinajstić information content (AvgIpc) is 3.12. The van der Waals surface area contributed by atoms with Crippen LogP contribution in [0, 0.1) is 0 Å². The number of thiophene rings is 1. The lowest BCUT2D eigenvalue weighted by molar-refractivity contribution is -0.138. The lowest BCUT2D eigenvalue weighted by Gasteiger charge is -2.33. The molecule has 1 N–H and O–H groups in total. The van der Waals surface area contributed by atoms with Gasteiger partial charge in [0, 0.05) is 25.2 Å². The van der Waals surface area contributed by atoms with Gasteiger partial charge in [-0.15, -0.1) is 0 Å². The Kier molecular flexibility index (Phi) is 5.22. The van der Waals surface area contributed by atoms with Gasteiger partial charge in [0.15, 0.2) is 0 Å². The highest BCUT2D eigenvalue weighted by Crippen LogP contribution is 2.30. The molecule has 0 radical (unpaired) electrons. The van der Waals surface area contributed by atoms with Gasteiger partial charge in [0.2, 0.25) is 0 Å². The van der Waals surface area contributed by atoms with Gasteiger partial charge < -0.3 is 14.9 Å². The van der Waals surface area contributed by atoms with Crippen LogP contribution in [0.4, 0.5) is 4.79 Å². The highest BCUT2D eigenvalue weighted by molar-refractivity contribution is 7.07. The molecule has 0 spiro atoms. The number of hydrogen-bond donors (Lipinski definition) is 1. The van der Waals surface area contributed by atoms with Crippen LogP contribution in [0.2, 0.25) is 0 Å². The standard InChI is InChI=1S/C15H22N2O3S/c1-3-16(11(2)8-14(18)19)15(20)17(13-4-5-13)9-12-6-7-21-10-12/h6-7,10-11,13H,3-5,8-9H2,1-2H3,(H,18,19). The van der Waals surface area contributed by atoms with Crippen LogP contribution in [0.25, 0.3) is 0 Å². The van der Waals surface area contributed by atoms with E-state index in [9.17, 15) is 9.59 Å². The van der Waals surface area contributed by atoms with Crippen LogP contribution in [0.15, 0.2) is 16.8 Å². The second-order valence-electron chi connectivity index (χ2n) is 5.51. The van der Waals surface area contributed by atoms with E-state index in [1.54, 1.807) is 23.2 Å². The number of hydrogen-bond acceptors (Lipinski definition) is 3. The number of urea groups is 1. The van der Waals surface area contributed by atoms with Gasteiger partial charge in [0.05, 0.1) is 6.42 Å². The maximum absolute atomic E-state index is 12.8. The van der Waals surface area contributed by atoms with Crippen molar-refractivity contribution in [1.29, 1.82) is 0 Å². The number of nitrogens with zero attached hydrogens (tertiary/aromatic N) is 2. The molecule has 0 aliphatic heterocycles. The summed E-state index contributed by atoms with van der Waals surface area (Å²) in [5.41, 5.74) is 1.14. The normalized spacial score (nSPS) is 15.5. The van der Waals surface area contributed by atoms with E-state index in [4.69, 9.17) is 5.11 Å². The van der Waals surface area contributed by atoms with E-state index < -0.39 is 5.97 Å². The van der Waals surface area contributed by atoms with Crippen LogP contribution < -0.4 is 0 Å². The molecule has 1 unspecified atom stereocenters. The lowest BCUT2D eigenvalue weighted by Crippen LogP contribution is -2.48. The summed E-state index contributed by atoms with van der Waals surface area (Å²) in [6, 6.07) is 2.01. The number of carboxylic acids is 1. The molecular formula is C15H22N2O3S. The summed E-state index contributed by atoms with van der Waals surface area (Å²) >= 11 is 1.62. The van der Waals surface area contributed by atoms with Crippen LogP contribution in [-0.2, 0) is 11.3 Å². The third-order valence-corrected chi connectivity index (χ3v) is 4.49. The summed E-state index contributed by atoms with van der Waals surface area (Å²) in [5.74, 6) is -0.871. The van der Waals surface area contributed by atoms with Crippen LogP contribution in [0.1, 0.15) is 38.7 Å². The van der Waals surface area contributed by atoms with Gasteiger partial charge in [-0.2, -0.15) is 11.3 Å². The summed E-state index contributed by atoms with van der Waals surface area (Å²) in [4.78, 5) is 27.2. The second-order valence-corrected chi connectivity index (χ2v) is 6.29. The Morgan fingerprint density at radius 2 is 2.19 bits per heavy atom. The Morgan fingerprint density at radius 1 is 1.48 bits per heavy atom. The van der Waals surface area contributed by atoms with Crippen molar-refractivity contribution in [2.24, 2.45) is 0 Å². The first kappa shape index (κ1) is 15.8. The van der Waals surface area contributed by atoms with Gasteiger partial charge >= 0.3 is 12.0 Å². The van der Waals surface area contributed by atoms with E-state index in [1.807, 2.05) is 23.3 Å². The van der Waals surface area contributed by atoms with Crippen LogP contribution in [0.3, 0.4) is 0 Å². The zero-order valence-corrected chi connectivity index (χ0v) is 13.3. The molecule has 5 nitrogen and oxygen atoms in total. The Balaban J connectivity index is 2.07. The van der Waals surface area contributed by atoms with Crippen molar-refractivity contribution in [2.45, 2.75) is 51.7 Å². The number of carbonyl (C=O) groups excluding carboxylic acids is 1. The van der Waals surface area contributed by atoms with Crippen molar-refractivity contribution < 1.29 is 14.7 Å². The molecule has 1 saturated carbocycles. The van der Waals surface area contributed by atoms with Crippen molar-refractivity contribution in [3.8, 4) is 0 Å². The quantitative estimate of drug-likeness (QED) is 0.842. The molecule has 0 saturated heterocycles. The fourth-order valence-electron chi connectivity index (χ4n) is 2.48. The molecule has 1 heterocycles. The maximum Gasteiger partial charge on any atom is 0.320 e. The van der Waals surface area contributed by atoms with Crippen LogP contribution in [-0.4, -0.2) is 45.5 Å². The van der Waals surface area contributed by atoms with Crippen molar-refractivity contribution in [2.75, 3.05) is 6.54 Å². The van der Waals surface area contributed by atoms with Crippen molar-refractivity contribution in [3.05, 3.63) is 22.4 Å². The van der Waals surface area contributed by atoms with Gasteiger partial charge in [-0.05, 0) is 49.1 Å². The molecule has 116 valence electrons. The largest absolute Gasteiger partial charge is 0.481 e. The van der Waals surface area contributed by atoms with E-state index >= 15 is 0 Å². The zero-order valence-electron chi connectivity index (χ0n) is 12.5. The molecule has 21 heavy (non-hydrogen) atoms. The Hall–Kier alpha value is -1.56. The molecule has 1 aromatic rings. The first-order valence-corrected chi connectivity index (χ1v) is 8.27. The summed E-state index contributed by atoms with van der Waals surface area (Å²) in [5, 5.41) is 13.0. The first-order valence-electron chi connectivity index (χ1n) is 7.33. The molecule has 0 aromatic carbocycles. The highest BCUT2D eigenvalue weighted by Gasteiger charge is 2.36.